The van der Waals surface area contributed by atoms with E-state index in [0.717, 1.165) is 102 Å². The number of hydrogen-bond acceptors (Lipinski definition) is 15. The molecule has 0 aromatic carbocycles. The Bertz CT molecular complexity index is 1620. The van der Waals surface area contributed by atoms with Crippen molar-refractivity contribution in [1.29, 1.82) is 0 Å². The maximum absolute atomic E-state index is 13.0. The van der Waals surface area contributed by atoms with Crippen molar-refractivity contribution in [3.05, 3.63) is 0 Å². The van der Waals surface area contributed by atoms with Crippen LogP contribution in [0.4, 0.5) is 0 Å². The fourth-order valence-corrected chi connectivity index (χ4v) is 11.2. The van der Waals surface area contributed by atoms with Gasteiger partial charge in [0.2, 0.25) is 0 Å². The molecule has 0 spiro atoms. The molecule has 17 nitrogen and oxygen atoms in total. The number of unbranched alkanes of at least 4 members (excludes halogenated alkanes) is 36. The highest BCUT2D eigenvalue weighted by molar-refractivity contribution is 7.47. The Labute approximate surface area is 505 Å². The second-order valence-corrected chi connectivity index (χ2v) is 26.5. The van der Waals surface area contributed by atoms with Crippen LogP contribution in [0.25, 0.3) is 0 Å². The summed E-state index contributed by atoms with van der Waals surface area (Å²) in [5, 5.41) is 10.5. The highest BCUT2D eigenvalue weighted by atomic mass is 31.2. The lowest BCUT2D eigenvalue weighted by atomic mass is 10.0. The average molecular weight is 1230 g/mol. The number of hydrogen-bond donors (Lipinski definition) is 3. The van der Waals surface area contributed by atoms with E-state index in [-0.39, 0.29) is 25.7 Å². The summed E-state index contributed by atoms with van der Waals surface area (Å²) in [5.74, 6) is -1.36. The zero-order valence-electron chi connectivity index (χ0n) is 53.3. The maximum atomic E-state index is 13.0. The Hall–Kier alpha value is -1.94. The van der Waals surface area contributed by atoms with Gasteiger partial charge in [-0.2, -0.15) is 0 Å². The molecule has 5 atom stereocenters. The number of phosphoric ester groups is 2. The lowest BCUT2D eigenvalue weighted by Gasteiger charge is -2.21. The standard InChI is InChI=1S/C64H124O17P2/c1-6-9-12-15-17-19-21-22-26-30-33-38-43-48-62(67)75-54-60(81-64(69)50-45-40-35-31-27-24-23-25-28-32-37-41-46-57(4)5)56-79-83(72,73)77-52-58(65)51-76-82(70,71)78-55-59(53-74-61(66)47-42-36-14-11-8-3)80-63(68)49-44-39-34-29-20-18-16-13-10-7-2/h57-60,65H,6-56H2,1-5H3,(H,70,71)(H,72,73)/t58-,59+,60+/m0/s1. The van der Waals surface area contributed by atoms with Crippen LogP contribution in [0.3, 0.4) is 0 Å². The third-order valence-electron chi connectivity index (χ3n) is 14.8. The van der Waals surface area contributed by atoms with Gasteiger partial charge in [0.05, 0.1) is 26.4 Å². The summed E-state index contributed by atoms with van der Waals surface area (Å²) in [6, 6.07) is 0. The fourth-order valence-electron chi connectivity index (χ4n) is 9.58. The molecule has 0 aromatic rings. The van der Waals surface area contributed by atoms with Crippen LogP contribution < -0.4 is 0 Å². The molecule has 0 saturated carbocycles. The molecule has 3 N–H and O–H groups in total. The first-order valence-corrected chi connectivity index (χ1v) is 36.6. The topological polar surface area (TPSA) is 237 Å². The Kier molecular flexibility index (Phi) is 56.4. The maximum Gasteiger partial charge on any atom is 0.472 e. The molecule has 0 aliphatic carbocycles. The Morgan fingerprint density at radius 2 is 0.554 bits per heavy atom. The van der Waals surface area contributed by atoms with E-state index < -0.39 is 97.5 Å². The van der Waals surface area contributed by atoms with E-state index in [1.807, 2.05) is 0 Å². The predicted molar refractivity (Wildman–Crippen MR) is 331 cm³/mol. The highest BCUT2D eigenvalue weighted by Crippen LogP contribution is 2.45. The molecule has 492 valence electrons. The van der Waals surface area contributed by atoms with E-state index >= 15 is 0 Å². The number of ether oxygens (including phenoxy) is 4. The number of esters is 4. The van der Waals surface area contributed by atoms with Crippen molar-refractivity contribution in [2.45, 2.75) is 342 Å². The second kappa shape index (κ2) is 57.8. The van der Waals surface area contributed by atoms with Gasteiger partial charge >= 0.3 is 39.5 Å². The zero-order chi connectivity index (χ0) is 61.3. The molecule has 83 heavy (non-hydrogen) atoms. The summed E-state index contributed by atoms with van der Waals surface area (Å²) in [5.41, 5.74) is 0. The highest BCUT2D eigenvalue weighted by Gasteiger charge is 2.30. The second-order valence-electron chi connectivity index (χ2n) is 23.6. The number of carbonyl (C=O) groups is 4. The van der Waals surface area contributed by atoms with Gasteiger partial charge in [-0.15, -0.1) is 0 Å². The van der Waals surface area contributed by atoms with Crippen molar-refractivity contribution in [2.24, 2.45) is 5.92 Å². The van der Waals surface area contributed by atoms with Crippen molar-refractivity contribution in [1.82, 2.24) is 0 Å². The van der Waals surface area contributed by atoms with Crippen molar-refractivity contribution >= 4 is 39.5 Å². The van der Waals surface area contributed by atoms with Gasteiger partial charge in [-0.3, -0.25) is 37.3 Å². The Morgan fingerprint density at radius 1 is 0.325 bits per heavy atom. The zero-order valence-corrected chi connectivity index (χ0v) is 55.1. The first kappa shape index (κ1) is 81.1. The van der Waals surface area contributed by atoms with Gasteiger partial charge in [-0.05, 0) is 31.6 Å². The molecule has 0 heterocycles. The molecule has 0 bridgehead atoms. The summed E-state index contributed by atoms with van der Waals surface area (Å²) in [6.07, 6.45) is 41.9. The molecule has 19 heteroatoms. The van der Waals surface area contributed by atoms with Gasteiger partial charge in [0.15, 0.2) is 12.2 Å². The molecule has 0 radical (unpaired) electrons. The third-order valence-corrected chi connectivity index (χ3v) is 16.7. The molecule has 2 unspecified atom stereocenters. The lowest BCUT2D eigenvalue weighted by molar-refractivity contribution is -0.161. The van der Waals surface area contributed by atoms with Crippen LogP contribution in [-0.4, -0.2) is 96.7 Å². The number of phosphoric acid groups is 2. The summed E-state index contributed by atoms with van der Waals surface area (Å²) >= 11 is 0. The van der Waals surface area contributed by atoms with E-state index in [9.17, 15) is 43.2 Å². The monoisotopic (exact) mass is 1230 g/mol. The minimum Gasteiger partial charge on any atom is -0.462 e. The molecule has 0 aliphatic heterocycles. The minimum absolute atomic E-state index is 0.106. The largest absolute Gasteiger partial charge is 0.472 e. The van der Waals surface area contributed by atoms with E-state index in [4.69, 9.17) is 37.0 Å². The van der Waals surface area contributed by atoms with E-state index in [2.05, 4.69) is 34.6 Å². The van der Waals surface area contributed by atoms with Gasteiger partial charge in [-0.1, -0.05) is 272 Å². The normalized spacial score (nSPS) is 14.2. The minimum atomic E-state index is -4.94. The third kappa shape index (κ3) is 58.8. The fraction of sp³-hybridized carbons (Fsp3) is 0.938. The van der Waals surface area contributed by atoms with Crippen LogP contribution in [0.5, 0.6) is 0 Å². The quantitative estimate of drug-likeness (QED) is 0.0222. The van der Waals surface area contributed by atoms with Gasteiger partial charge in [0.1, 0.15) is 19.3 Å². The molecule has 0 aliphatic rings. The van der Waals surface area contributed by atoms with Crippen molar-refractivity contribution < 1.29 is 80.2 Å². The molecule has 0 rings (SSSR count). The first-order chi connectivity index (χ1) is 40.0. The summed E-state index contributed by atoms with van der Waals surface area (Å²) in [4.78, 5) is 72.0. The van der Waals surface area contributed by atoms with Crippen LogP contribution in [0.2, 0.25) is 0 Å². The van der Waals surface area contributed by atoms with Crippen molar-refractivity contribution in [3.8, 4) is 0 Å². The van der Waals surface area contributed by atoms with Crippen molar-refractivity contribution in [2.75, 3.05) is 39.6 Å². The molecule has 0 fully saturated rings. The van der Waals surface area contributed by atoms with Gasteiger partial charge in [0.25, 0.3) is 0 Å². The summed E-state index contributed by atoms with van der Waals surface area (Å²) in [6.45, 7) is 7.12. The van der Waals surface area contributed by atoms with Crippen LogP contribution in [0, 0.1) is 5.92 Å². The lowest BCUT2D eigenvalue weighted by Crippen LogP contribution is -2.30. The molecular formula is C64H124O17P2. The van der Waals surface area contributed by atoms with Gasteiger partial charge < -0.3 is 33.8 Å². The smallest absolute Gasteiger partial charge is 0.462 e. The van der Waals surface area contributed by atoms with Crippen LogP contribution in [0.15, 0.2) is 0 Å². The van der Waals surface area contributed by atoms with E-state index in [0.29, 0.717) is 25.7 Å². The Balaban J connectivity index is 5.17. The van der Waals surface area contributed by atoms with Gasteiger partial charge in [0, 0.05) is 25.7 Å². The molecule has 0 saturated heterocycles. The number of carbonyl (C=O) groups excluding carboxylic acids is 4. The number of rotatable bonds is 64. The van der Waals surface area contributed by atoms with Gasteiger partial charge in [-0.25, -0.2) is 9.13 Å². The predicted octanol–water partition coefficient (Wildman–Crippen LogP) is 17.8. The van der Waals surface area contributed by atoms with E-state index in [1.165, 1.54) is 141 Å². The molecule has 0 amide bonds. The van der Waals surface area contributed by atoms with Crippen LogP contribution in [-0.2, 0) is 65.4 Å². The molecular weight excluding hydrogens is 1100 g/mol. The summed E-state index contributed by atoms with van der Waals surface area (Å²) in [7, 11) is -9.88. The van der Waals surface area contributed by atoms with Crippen LogP contribution in [0.1, 0.15) is 324 Å². The summed E-state index contributed by atoms with van der Waals surface area (Å²) < 4.78 is 67.8. The first-order valence-electron chi connectivity index (χ1n) is 33.6. The number of aliphatic hydroxyl groups excluding tert-OH is 1. The SMILES string of the molecule is CCCCCCCCCCCCCCCC(=O)OC[C@H](COP(=O)(O)OC[C@@H](O)COP(=O)(O)OC[C@@H](COC(=O)CCCCCCC)OC(=O)CCCCCCCCCCCC)OC(=O)CCCCCCCCCCCCCCC(C)C. The van der Waals surface area contributed by atoms with Crippen molar-refractivity contribution in [3.63, 3.8) is 0 Å². The molecule has 0 aromatic heterocycles. The number of aliphatic hydroxyl groups is 1. The van der Waals surface area contributed by atoms with Crippen LogP contribution >= 0.6 is 15.6 Å². The van der Waals surface area contributed by atoms with E-state index in [1.54, 1.807) is 0 Å². The average Bonchev–Trinajstić information content (AvgIpc) is 3.51. The Morgan fingerprint density at radius 3 is 0.819 bits per heavy atom.